The highest BCUT2D eigenvalue weighted by Gasteiger charge is 2.57. The third kappa shape index (κ3) is 3.64. The van der Waals surface area contributed by atoms with Crippen molar-refractivity contribution in [2.75, 3.05) is 45.4 Å². The third-order valence-electron chi connectivity index (χ3n) is 5.23. The number of rotatable bonds is 6. The summed E-state index contributed by atoms with van der Waals surface area (Å²) in [4.78, 5) is 33.8. The van der Waals surface area contributed by atoms with Gasteiger partial charge >= 0.3 is 0 Å². The molecule has 2 amide bonds. The second kappa shape index (κ2) is 7.86. The maximum atomic E-state index is 13.3. The second-order valence-electron chi connectivity index (χ2n) is 7.57. The van der Waals surface area contributed by atoms with E-state index in [-0.39, 0.29) is 17.7 Å². The molecule has 0 unspecified atom stereocenters. The quantitative estimate of drug-likeness (QED) is 0.735. The standard InChI is InChI=1S/C18H27N3O3S2/c1-12(2)16-19-14(8-26-16)6-20(3)17(23)18-10-21(15(22)9-25-4)5-13(18)7-24-11-18/h8,12-13H,5-7,9-11H2,1-4H3/t13-,18-/m1/s1. The maximum absolute atomic E-state index is 13.3. The highest BCUT2D eigenvalue weighted by Crippen LogP contribution is 2.43. The number of aromatic nitrogens is 1. The Bertz CT molecular complexity index is 678. The average molecular weight is 398 g/mol. The molecule has 26 heavy (non-hydrogen) atoms. The van der Waals surface area contributed by atoms with Gasteiger partial charge in [-0.3, -0.25) is 9.59 Å². The third-order valence-corrected chi connectivity index (χ3v) is 6.96. The molecule has 0 radical (unpaired) electrons. The number of fused-ring (bicyclic) bond motifs is 1. The normalized spacial score (nSPS) is 25.0. The molecule has 0 bridgehead atoms. The molecule has 0 saturated carbocycles. The second-order valence-corrected chi connectivity index (χ2v) is 9.32. The minimum atomic E-state index is -0.598. The van der Waals surface area contributed by atoms with Crippen LogP contribution < -0.4 is 0 Å². The van der Waals surface area contributed by atoms with Crippen molar-refractivity contribution in [3.63, 3.8) is 0 Å². The summed E-state index contributed by atoms with van der Waals surface area (Å²) in [5.74, 6) is 1.13. The zero-order valence-corrected chi connectivity index (χ0v) is 17.5. The lowest BCUT2D eigenvalue weighted by Gasteiger charge is -2.30. The molecular formula is C18H27N3O3S2. The Morgan fingerprint density at radius 3 is 2.96 bits per heavy atom. The van der Waals surface area contributed by atoms with Crippen molar-refractivity contribution in [1.29, 1.82) is 0 Å². The highest BCUT2D eigenvalue weighted by atomic mass is 32.2. The Balaban J connectivity index is 1.71. The number of thiazole rings is 1. The van der Waals surface area contributed by atoms with Crippen molar-refractivity contribution in [2.45, 2.75) is 26.3 Å². The van der Waals surface area contributed by atoms with E-state index in [4.69, 9.17) is 4.74 Å². The van der Waals surface area contributed by atoms with Crippen LogP contribution in [0, 0.1) is 11.3 Å². The first kappa shape index (κ1) is 19.6. The van der Waals surface area contributed by atoms with E-state index in [0.29, 0.717) is 44.5 Å². The predicted molar refractivity (Wildman–Crippen MR) is 104 cm³/mol. The van der Waals surface area contributed by atoms with E-state index < -0.39 is 5.41 Å². The summed E-state index contributed by atoms with van der Waals surface area (Å²) in [5.41, 5.74) is 0.328. The summed E-state index contributed by atoms with van der Waals surface area (Å²) in [6, 6.07) is 0. The van der Waals surface area contributed by atoms with Gasteiger partial charge in [-0.25, -0.2) is 4.98 Å². The number of amides is 2. The van der Waals surface area contributed by atoms with Crippen LogP contribution in [0.5, 0.6) is 0 Å². The van der Waals surface area contributed by atoms with Crippen molar-refractivity contribution in [3.05, 3.63) is 16.1 Å². The molecule has 2 saturated heterocycles. The van der Waals surface area contributed by atoms with Crippen molar-refractivity contribution in [1.82, 2.24) is 14.8 Å². The number of carbonyl (C=O) groups is 2. The van der Waals surface area contributed by atoms with E-state index in [0.717, 1.165) is 10.7 Å². The molecule has 2 fully saturated rings. The fourth-order valence-corrected chi connectivity index (χ4v) is 5.05. The molecule has 2 atom stereocenters. The van der Waals surface area contributed by atoms with Gasteiger partial charge in [0, 0.05) is 37.4 Å². The first-order valence-corrected chi connectivity index (χ1v) is 11.2. The molecule has 8 heteroatoms. The first-order chi connectivity index (χ1) is 12.4. The summed E-state index contributed by atoms with van der Waals surface area (Å²) in [7, 11) is 1.83. The van der Waals surface area contributed by atoms with E-state index in [2.05, 4.69) is 18.8 Å². The minimum absolute atomic E-state index is 0.0681. The van der Waals surface area contributed by atoms with E-state index in [1.54, 1.807) is 16.2 Å². The lowest BCUT2D eigenvalue weighted by Crippen LogP contribution is -2.47. The highest BCUT2D eigenvalue weighted by molar-refractivity contribution is 7.99. The molecule has 2 aliphatic heterocycles. The lowest BCUT2D eigenvalue weighted by atomic mass is 9.79. The molecule has 3 rings (SSSR count). The predicted octanol–water partition coefficient (Wildman–Crippen LogP) is 2.06. The Hall–Kier alpha value is -1.12. The van der Waals surface area contributed by atoms with E-state index >= 15 is 0 Å². The van der Waals surface area contributed by atoms with Gasteiger partial charge in [0.25, 0.3) is 0 Å². The monoisotopic (exact) mass is 397 g/mol. The van der Waals surface area contributed by atoms with Crippen LogP contribution in [0.1, 0.15) is 30.5 Å². The van der Waals surface area contributed by atoms with E-state index in [1.807, 2.05) is 23.6 Å². The van der Waals surface area contributed by atoms with Crippen LogP contribution in [-0.4, -0.2) is 72.0 Å². The molecule has 0 aliphatic carbocycles. The van der Waals surface area contributed by atoms with Crippen molar-refractivity contribution >= 4 is 34.9 Å². The number of carbonyl (C=O) groups excluding carboxylic acids is 2. The molecule has 0 aromatic carbocycles. The van der Waals surface area contributed by atoms with Crippen molar-refractivity contribution in [3.8, 4) is 0 Å². The van der Waals surface area contributed by atoms with Gasteiger partial charge in [0.2, 0.25) is 11.8 Å². The van der Waals surface area contributed by atoms with Crippen molar-refractivity contribution < 1.29 is 14.3 Å². The Kier molecular flexibility index (Phi) is 5.94. The number of nitrogens with zero attached hydrogens (tertiary/aromatic N) is 3. The summed E-state index contributed by atoms with van der Waals surface area (Å²) < 4.78 is 5.66. The van der Waals surface area contributed by atoms with E-state index in [1.165, 1.54) is 11.8 Å². The largest absolute Gasteiger partial charge is 0.380 e. The maximum Gasteiger partial charge on any atom is 0.233 e. The number of likely N-dealkylation sites (tertiary alicyclic amines) is 1. The Morgan fingerprint density at radius 2 is 2.31 bits per heavy atom. The number of hydrogen-bond donors (Lipinski definition) is 0. The van der Waals surface area contributed by atoms with Gasteiger partial charge in [-0.1, -0.05) is 13.8 Å². The smallest absolute Gasteiger partial charge is 0.233 e. The molecule has 1 aromatic heterocycles. The molecule has 6 nitrogen and oxygen atoms in total. The zero-order valence-electron chi connectivity index (χ0n) is 15.9. The Morgan fingerprint density at radius 1 is 1.54 bits per heavy atom. The molecule has 1 aromatic rings. The fraction of sp³-hybridized carbons (Fsp3) is 0.722. The molecule has 0 N–H and O–H groups in total. The first-order valence-electron chi connectivity index (χ1n) is 8.91. The van der Waals surface area contributed by atoms with Gasteiger partial charge in [-0.15, -0.1) is 11.3 Å². The minimum Gasteiger partial charge on any atom is -0.380 e. The lowest BCUT2D eigenvalue weighted by molar-refractivity contribution is -0.142. The van der Waals surface area contributed by atoms with Crippen LogP contribution in [0.3, 0.4) is 0 Å². The van der Waals surface area contributed by atoms with Crippen LogP contribution in [0.4, 0.5) is 0 Å². The van der Waals surface area contributed by atoms with Gasteiger partial charge < -0.3 is 14.5 Å². The average Bonchev–Trinajstić information content (AvgIpc) is 3.28. The number of ether oxygens (including phenoxy) is 1. The fourth-order valence-electron chi connectivity index (χ4n) is 3.80. The number of hydrogen-bond acceptors (Lipinski definition) is 6. The summed E-state index contributed by atoms with van der Waals surface area (Å²) >= 11 is 3.16. The van der Waals surface area contributed by atoms with Gasteiger partial charge in [0.05, 0.1) is 41.6 Å². The SMILES string of the molecule is CSCC(=O)N1C[C@@H]2COC[C@]2(C(=O)N(C)Cc2csc(C(C)C)n2)C1. The van der Waals surface area contributed by atoms with Gasteiger partial charge in [0.15, 0.2) is 0 Å². The molecule has 0 spiro atoms. The van der Waals surface area contributed by atoms with Crippen molar-refractivity contribution in [2.24, 2.45) is 11.3 Å². The summed E-state index contributed by atoms with van der Waals surface area (Å²) in [5, 5.41) is 3.12. The Labute approximate surface area is 163 Å². The van der Waals surface area contributed by atoms with Crippen LogP contribution in [0.25, 0.3) is 0 Å². The van der Waals surface area contributed by atoms with Crippen LogP contribution in [-0.2, 0) is 20.9 Å². The van der Waals surface area contributed by atoms with Gasteiger partial charge in [-0.2, -0.15) is 11.8 Å². The molecule has 2 aliphatic rings. The van der Waals surface area contributed by atoms with Gasteiger partial charge in [-0.05, 0) is 6.26 Å². The topological polar surface area (TPSA) is 62.7 Å². The van der Waals surface area contributed by atoms with E-state index in [9.17, 15) is 9.59 Å². The summed E-state index contributed by atoms with van der Waals surface area (Å²) in [6.45, 7) is 6.78. The summed E-state index contributed by atoms with van der Waals surface area (Å²) in [6.07, 6.45) is 1.92. The van der Waals surface area contributed by atoms with Crippen LogP contribution in [0.2, 0.25) is 0 Å². The molecule has 3 heterocycles. The zero-order chi connectivity index (χ0) is 18.9. The number of thioether (sulfide) groups is 1. The van der Waals surface area contributed by atoms with Gasteiger partial charge in [0.1, 0.15) is 0 Å². The van der Waals surface area contributed by atoms with Crippen LogP contribution in [0.15, 0.2) is 5.38 Å². The molecule has 144 valence electrons. The molecular weight excluding hydrogens is 370 g/mol. The van der Waals surface area contributed by atoms with Crippen LogP contribution >= 0.6 is 23.1 Å².